The van der Waals surface area contributed by atoms with Crippen LogP contribution < -0.4 is 0 Å². The minimum absolute atomic E-state index is 0.300. The summed E-state index contributed by atoms with van der Waals surface area (Å²) in [7, 11) is 0. The van der Waals surface area contributed by atoms with Crippen LogP contribution in [0, 0.1) is 16.7 Å². The van der Waals surface area contributed by atoms with Crippen LogP contribution in [-0.4, -0.2) is 22.3 Å². The topological polar surface area (TPSA) is 54.0 Å². The van der Waals surface area contributed by atoms with Gasteiger partial charge in [-0.1, -0.05) is 20.8 Å². The third-order valence-corrected chi connectivity index (χ3v) is 3.27. The lowest BCUT2D eigenvalue weighted by Gasteiger charge is -2.33. The maximum atomic E-state index is 8.98. The molecule has 1 aliphatic rings. The summed E-state index contributed by atoms with van der Waals surface area (Å²) in [5, 5.41) is 8.98. The summed E-state index contributed by atoms with van der Waals surface area (Å²) in [5.74, 6) is 0.560. The fourth-order valence-corrected chi connectivity index (χ4v) is 2.26. The van der Waals surface area contributed by atoms with Gasteiger partial charge in [0, 0.05) is 0 Å². The summed E-state index contributed by atoms with van der Waals surface area (Å²) in [6.45, 7) is 6.33. The van der Waals surface area contributed by atoms with Gasteiger partial charge in [0.2, 0.25) is 0 Å². The van der Waals surface area contributed by atoms with Gasteiger partial charge < -0.3 is 4.57 Å². The normalized spacial score (nSPS) is 24.8. The second-order valence-corrected chi connectivity index (χ2v) is 5.47. The second-order valence-electron chi connectivity index (χ2n) is 4.72. The van der Waals surface area contributed by atoms with E-state index in [1.165, 1.54) is 0 Å². The zero-order chi connectivity index (χ0) is 12.8. The molecule has 16 heavy (non-hydrogen) atoms. The molecule has 1 aliphatic heterocycles. The molecule has 0 bridgehead atoms. The van der Waals surface area contributed by atoms with Crippen LogP contribution in [0.1, 0.15) is 39.7 Å². The molecule has 1 atom stereocenters. The van der Waals surface area contributed by atoms with Crippen LogP contribution in [0.5, 0.6) is 0 Å². The Bertz CT molecular complexity index is 535. The Labute approximate surface area is 105 Å². The Morgan fingerprint density at radius 3 is 2.94 bits per heavy atom. The molecule has 2 rings (SSSR count). The lowest BCUT2D eigenvalue weighted by Crippen LogP contribution is -2.30. The van der Waals surface area contributed by atoms with E-state index in [2.05, 4.69) is 25.9 Å². The number of hydrogen-bond acceptors (Lipinski definition) is 3. The first-order chi connectivity index (χ1) is 7.81. The van der Waals surface area contributed by atoms with Gasteiger partial charge in [-0.2, -0.15) is 5.26 Å². The first-order valence-corrected chi connectivity index (χ1v) is 5.79. The van der Waals surface area contributed by atoms with Crippen molar-refractivity contribution < 1.29 is 1.37 Å². The molecular weight excluding hydrogens is 268 g/mol. The number of nitrogens with zero attached hydrogens (tertiary/aromatic N) is 4. The number of halogens is 1. The number of aliphatic imine (C=N–C) groups is 1. The number of imidazole rings is 1. The summed E-state index contributed by atoms with van der Waals surface area (Å²) in [6.07, 6.45) is 1.62. The molecule has 0 fully saturated rings. The molecule has 1 unspecified atom stereocenters. The van der Waals surface area contributed by atoms with Crippen molar-refractivity contribution >= 4 is 22.1 Å². The van der Waals surface area contributed by atoms with Gasteiger partial charge in [0.1, 0.15) is 10.7 Å². The summed E-state index contributed by atoms with van der Waals surface area (Å²) in [6, 6.07) is 1.09. The van der Waals surface area contributed by atoms with Crippen molar-refractivity contribution in [3.05, 3.63) is 16.1 Å². The van der Waals surface area contributed by atoms with E-state index in [0.29, 0.717) is 22.7 Å². The molecule has 0 radical (unpaired) electrons. The van der Waals surface area contributed by atoms with E-state index in [0.717, 1.165) is 0 Å². The number of nitriles is 1. The minimum atomic E-state index is -0.933. The van der Waals surface area contributed by atoms with Crippen molar-refractivity contribution in [2.45, 2.75) is 26.8 Å². The average molecular weight is 282 g/mol. The van der Waals surface area contributed by atoms with Crippen molar-refractivity contribution in [1.82, 2.24) is 9.55 Å². The van der Waals surface area contributed by atoms with Gasteiger partial charge in [-0.05, 0) is 21.3 Å². The molecule has 0 saturated heterocycles. The maximum absolute atomic E-state index is 8.98. The summed E-state index contributed by atoms with van der Waals surface area (Å²) >= 11 is 3.36. The zero-order valence-electron chi connectivity index (χ0n) is 10.5. The van der Waals surface area contributed by atoms with Gasteiger partial charge in [0.25, 0.3) is 0 Å². The van der Waals surface area contributed by atoms with E-state index in [4.69, 9.17) is 6.63 Å². The highest BCUT2D eigenvalue weighted by Crippen LogP contribution is 2.36. The van der Waals surface area contributed by atoms with Crippen LogP contribution in [-0.2, 0) is 0 Å². The number of rotatable bonds is 0. The van der Waals surface area contributed by atoms with E-state index < -0.39 is 6.02 Å². The highest BCUT2D eigenvalue weighted by Gasteiger charge is 2.32. The SMILES string of the molecule is [2H]C1(C(C)(C)C)CN=Cc2nc(C#N)c(Br)n21. The molecule has 2 heterocycles. The minimum Gasteiger partial charge on any atom is -0.311 e. The van der Waals surface area contributed by atoms with Gasteiger partial charge in [-0.3, -0.25) is 4.99 Å². The Hall–Kier alpha value is -1.15. The molecule has 1 aromatic heterocycles. The molecular formula is C11H13BrN4. The molecule has 5 heteroatoms. The molecule has 0 aromatic carbocycles. The fraction of sp³-hybridized carbons (Fsp3) is 0.545. The highest BCUT2D eigenvalue weighted by atomic mass is 79.9. The third kappa shape index (κ3) is 1.67. The molecule has 1 aromatic rings. The third-order valence-electron chi connectivity index (χ3n) is 2.54. The largest absolute Gasteiger partial charge is 0.311 e. The standard InChI is InChI=1S/C11H13BrN4/c1-11(2,3)8-5-14-6-9-15-7(4-13)10(12)16(8)9/h6,8H,5H2,1-3H3/i8D. The molecule has 0 saturated carbocycles. The van der Waals surface area contributed by atoms with Crippen LogP contribution in [0.25, 0.3) is 0 Å². The van der Waals surface area contributed by atoms with Gasteiger partial charge >= 0.3 is 0 Å². The quantitative estimate of drug-likeness (QED) is 0.734. The molecule has 84 valence electrons. The predicted molar refractivity (Wildman–Crippen MR) is 65.6 cm³/mol. The van der Waals surface area contributed by atoms with Crippen LogP contribution in [0.15, 0.2) is 9.60 Å². The molecule has 0 amide bonds. The van der Waals surface area contributed by atoms with Gasteiger partial charge in [0.05, 0.1) is 20.1 Å². The average Bonchev–Trinajstić information content (AvgIpc) is 2.55. The number of aromatic nitrogens is 2. The van der Waals surface area contributed by atoms with Crippen molar-refractivity contribution in [1.29, 1.82) is 5.26 Å². The maximum Gasteiger partial charge on any atom is 0.173 e. The van der Waals surface area contributed by atoms with Crippen LogP contribution >= 0.6 is 15.9 Å². The summed E-state index contributed by atoms with van der Waals surface area (Å²) < 4.78 is 11.0. The van der Waals surface area contributed by atoms with Gasteiger partial charge in [-0.15, -0.1) is 0 Å². The Morgan fingerprint density at radius 1 is 1.69 bits per heavy atom. The van der Waals surface area contributed by atoms with Crippen molar-refractivity contribution in [2.24, 2.45) is 10.4 Å². The first kappa shape index (κ1) is 10.0. The molecule has 0 aliphatic carbocycles. The monoisotopic (exact) mass is 281 g/mol. The van der Waals surface area contributed by atoms with E-state index in [1.807, 2.05) is 26.8 Å². The Morgan fingerprint density at radius 2 is 2.38 bits per heavy atom. The molecule has 4 nitrogen and oxygen atoms in total. The van der Waals surface area contributed by atoms with Crippen LogP contribution in [0.4, 0.5) is 0 Å². The summed E-state index contributed by atoms with van der Waals surface area (Å²) in [4.78, 5) is 8.36. The molecule has 0 spiro atoms. The Kier molecular flexibility index (Phi) is 2.32. The highest BCUT2D eigenvalue weighted by molar-refractivity contribution is 9.10. The number of fused-ring (bicyclic) bond motifs is 1. The predicted octanol–water partition coefficient (Wildman–Crippen LogP) is 2.54. The van der Waals surface area contributed by atoms with Crippen LogP contribution in [0.2, 0.25) is 0 Å². The number of hydrogen-bond donors (Lipinski definition) is 0. The van der Waals surface area contributed by atoms with Crippen molar-refractivity contribution in [3.8, 4) is 6.07 Å². The molecule has 0 N–H and O–H groups in total. The Balaban J connectivity index is 2.72. The van der Waals surface area contributed by atoms with E-state index in [-0.39, 0.29) is 5.41 Å². The van der Waals surface area contributed by atoms with Gasteiger partial charge in [-0.25, -0.2) is 4.98 Å². The van der Waals surface area contributed by atoms with E-state index in [9.17, 15) is 0 Å². The van der Waals surface area contributed by atoms with E-state index in [1.54, 1.807) is 10.8 Å². The van der Waals surface area contributed by atoms with E-state index >= 15 is 0 Å². The fourth-order valence-electron chi connectivity index (χ4n) is 1.69. The summed E-state index contributed by atoms with van der Waals surface area (Å²) in [5.41, 5.74) is -0.00986. The second kappa shape index (κ2) is 3.70. The smallest absolute Gasteiger partial charge is 0.173 e. The lowest BCUT2D eigenvalue weighted by molar-refractivity contribution is 0.242. The van der Waals surface area contributed by atoms with Crippen molar-refractivity contribution in [2.75, 3.05) is 6.54 Å². The lowest BCUT2D eigenvalue weighted by atomic mass is 9.86. The van der Waals surface area contributed by atoms with Crippen molar-refractivity contribution in [3.63, 3.8) is 0 Å². The zero-order valence-corrected chi connectivity index (χ0v) is 11.0. The van der Waals surface area contributed by atoms with Crippen LogP contribution in [0.3, 0.4) is 0 Å². The first-order valence-electron chi connectivity index (χ1n) is 5.50. The van der Waals surface area contributed by atoms with Gasteiger partial charge in [0.15, 0.2) is 11.5 Å².